The molecule has 2 atom stereocenters. The number of nitrogens with one attached hydrogen (secondary N) is 1. The average molecular weight is 258 g/mol. The highest BCUT2D eigenvalue weighted by Gasteiger charge is 2.34. The van der Waals surface area contributed by atoms with Crippen molar-refractivity contribution >= 4 is 17.8 Å². The summed E-state index contributed by atoms with van der Waals surface area (Å²) in [6, 6.07) is -1.08. The minimum atomic E-state index is -1.15. The summed E-state index contributed by atoms with van der Waals surface area (Å²) in [5.41, 5.74) is 0. The molecule has 18 heavy (non-hydrogen) atoms. The van der Waals surface area contributed by atoms with Crippen molar-refractivity contribution in [3.8, 4) is 0 Å². The number of likely N-dealkylation sites (tertiary alicyclic amines) is 1. The number of carboxylic acid groups (broad SMARTS) is 1. The minimum Gasteiger partial charge on any atom is -0.480 e. The number of amides is 2. The van der Waals surface area contributed by atoms with Crippen molar-refractivity contribution in [3.63, 3.8) is 0 Å². The van der Waals surface area contributed by atoms with Crippen molar-refractivity contribution in [1.82, 2.24) is 10.2 Å². The Balaban J connectivity index is 2.55. The van der Waals surface area contributed by atoms with E-state index in [9.17, 15) is 14.4 Å². The van der Waals surface area contributed by atoms with Gasteiger partial charge in [-0.25, -0.2) is 4.79 Å². The van der Waals surface area contributed by atoms with Crippen LogP contribution < -0.4 is 5.32 Å². The molecule has 2 N–H and O–H groups in total. The zero-order valence-electron chi connectivity index (χ0n) is 10.5. The molecule has 1 saturated heterocycles. The number of nitrogens with zero attached hydrogens (tertiary/aromatic N) is 1. The largest absolute Gasteiger partial charge is 0.480 e. The van der Waals surface area contributed by atoms with E-state index in [-0.39, 0.29) is 18.9 Å². The van der Waals surface area contributed by atoms with E-state index >= 15 is 0 Å². The van der Waals surface area contributed by atoms with Crippen molar-refractivity contribution in [3.05, 3.63) is 0 Å². The molecule has 102 valence electrons. The third-order valence-corrected chi connectivity index (χ3v) is 2.91. The number of carbonyl (C=O) groups excluding carboxylic acids is 2. The lowest BCUT2D eigenvalue weighted by Gasteiger charge is -2.17. The van der Waals surface area contributed by atoms with Gasteiger partial charge in [-0.15, -0.1) is 0 Å². The second-order valence-corrected chi connectivity index (χ2v) is 4.19. The molecule has 0 bridgehead atoms. The van der Waals surface area contributed by atoms with E-state index in [4.69, 9.17) is 9.84 Å². The molecule has 0 aromatic rings. The van der Waals surface area contributed by atoms with Gasteiger partial charge in [-0.2, -0.15) is 0 Å². The number of carboxylic acids is 1. The summed E-state index contributed by atoms with van der Waals surface area (Å²) in [7, 11) is 1.36. The average Bonchev–Trinajstić information content (AvgIpc) is 2.69. The molecule has 0 aliphatic carbocycles. The zero-order valence-corrected chi connectivity index (χ0v) is 10.5. The second kappa shape index (κ2) is 6.34. The third kappa shape index (κ3) is 3.43. The minimum absolute atomic E-state index is 0.0729. The predicted molar refractivity (Wildman–Crippen MR) is 61.8 cm³/mol. The van der Waals surface area contributed by atoms with Gasteiger partial charge in [0.25, 0.3) is 0 Å². The fraction of sp³-hybridized carbons (Fsp3) is 0.727. The van der Waals surface area contributed by atoms with Crippen molar-refractivity contribution in [2.45, 2.75) is 19.4 Å². The number of methoxy groups -OCH3 is 1. The molecule has 1 aliphatic rings. The van der Waals surface area contributed by atoms with Crippen LogP contribution in [-0.2, 0) is 19.1 Å². The Morgan fingerprint density at radius 3 is 2.72 bits per heavy atom. The van der Waals surface area contributed by atoms with Gasteiger partial charge in [0.1, 0.15) is 0 Å². The summed E-state index contributed by atoms with van der Waals surface area (Å²) in [4.78, 5) is 35.7. The van der Waals surface area contributed by atoms with E-state index in [2.05, 4.69) is 5.32 Å². The van der Waals surface area contributed by atoms with Gasteiger partial charge in [0.05, 0.1) is 12.5 Å². The predicted octanol–water partition coefficient (Wildman–Crippen LogP) is -0.929. The van der Waals surface area contributed by atoms with E-state index < -0.39 is 23.8 Å². The van der Waals surface area contributed by atoms with Gasteiger partial charge in [0.15, 0.2) is 6.04 Å². The fourth-order valence-corrected chi connectivity index (χ4v) is 1.88. The van der Waals surface area contributed by atoms with Crippen molar-refractivity contribution in [2.24, 2.45) is 5.92 Å². The third-order valence-electron chi connectivity index (χ3n) is 2.91. The number of hydrogen-bond donors (Lipinski definition) is 2. The first-order valence-corrected chi connectivity index (χ1v) is 5.79. The fourth-order valence-electron chi connectivity index (χ4n) is 1.88. The van der Waals surface area contributed by atoms with Gasteiger partial charge in [-0.05, 0) is 6.92 Å². The van der Waals surface area contributed by atoms with Crippen LogP contribution in [0.4, 0.5) is 0 Å². The first-order chi connectivity index (χ1) is 8.49. The SMILES string of the molecule is CCN1CC(C(=O)NC(COC)C(=O)O)CC1=O. The second-order valence-electron chi connectivity index (χ2n) is 4.19. The van der Waals surface area contributed by atoms with Crippen LogP contribution in [0, 0.1) is 5.92 Å². The van der Waals surface area contributed by atoms with Crippen molar-refractivity contribution in [1.29, 1.82) is 0 Å². The zero-order chi connectivity index (χ0) is 13.7. The molecule has 1 fully saturated rings. The summed E-state index contributed by atoms with van der Waals surface area (Å²) >= 11 is 0. The van der Waals surface area contributed by atoms with E-state index in [1.807, 2.05) is 6.92 Å². The molecule has 0 aromatic heterocycles. The Labute approximate surface area is 105 Å². The maximum Gasteiger partial charge on any atom is 0.328 e. The van der Waals surface area contributed by atoms with Gasteiger partial charge in [0.2, 0.25) is 11.8 Å². The van der Waals surface area contributed by atoms with E-state index in [0.717, 1.165) is 0 Å². The number of aliphatic carboxylic acids is 1. The van der Waals surface area contributed by atoms with Gasteiger partial charge in [-0.1, -0.05) is 0 Å². The molecule has 2 unspecified atom stereocenters. The normalized spacial score (nSPS) is 20.9. The quantitative estimate of drug-likeness (QED) is 0.641. The Morgan fingerprint density at radius 2 is 2.28 bits per heavy atom. The van der Waals surface area contributed by atoms with Crippen molar-refractivity contribution in [2.75, 3.05) is 26.8 Å². The van der Waals surface area contributed by atoms with Gasteiger partial charge >= 0.3 is 5.97 Å². The first kappa shape index (κ1) is 14.4. The molecular weight excluding hydrogens is 240 g/mol. The molecular formula is C11H18N2O5. The smallest absolute Gasteiger partial charge is 0.328 e. The summed E-state index contributed by atoms with van der Waals surface area (Å²) in [6.45, 7) is 2.64. The first-order valence-electron chi connectivity index (χ1n) is 5.79. The molecule has 0 spiro atoms. The Kier molecular flexibility index (Phi) is 5.08. The Bertz CT molecular complexity index is 344. The van der Waals surface area contributed by atoms with Crippen LogP contribution in [0.1, 0.15) is 13.3 Å². The standard InChI is InChI=1S/C11H18N2O5/c1-3-13-5-7(4-9(13)14)10(15)12-8(6-18-2)11(16)17/h7-8H,3-6H2,1-2H3,(H,12,15)(H,16,17). The summed E-state index contributed by atoms with van der Waals surface area (Å²) in [6.07, 6.45) is 0.138. The summed E-state index contributed by atoms with van der Waals surface area (Å²) in [5.74, 6) is -2.11. The molecule has 2 amide bonds. The maximum absolute atomic E-state index is 11.8. The molecule has 0 saturated carbocycles. The van der Waals surface area contributed by atoms with Crippen LogP contribution in [0.5, 0.6) is 0 Å². The van der Waals surface area contributed by atoms with Gasteiger partial charge in [-0.3, -0.25) is 9.59 Å². The summed E-state index contributed by atoms with van der Waals surface area (Å²) in [5, 5.41) is 11.3. The molecule has 1 aliphatic heterocycles. The summed E-state index contributed by atoms with van der Waals surface area (Å²) < 4.78 is 4.72. The number of hydrogen-bond acceptors (Lipinski definition) is 4. The Hall–Kier alpha value is -1.63. The lowest BCUT2D eigenvalue weighted by Crippen LogP contribution is -2.46. The van der Waals surface area contributed by atoms with E-state index in [0.29, 0.717) is 13.1 Å². The number of ether oxygens (including phenoxy) is 1. The number of carbonyl (C=O) groups is 3. The lowest BCUT2D eigenvalue weighted by atomic mass is 10.1. The van der Waals surface area contributed by atoms with Crippen LogP contribution in [-0.4, -0.2) is 60.6 Å². The topological polar surface area (TPSA) is 95.9 Å². The van der Waals surface area contributed by atoms with Crippen LogP contribution >= 0.6 is 0 Å². The molecule has 1 heterocycles. The Morgan fingerprint density at radius 1 is 1.61 bits per heavy atom. The lowest BCUT2D eigenvalue weighted by molar-refractivity contribution is -0.143. The van der Waals surface area contributed by atoms with Crippen molar-refractivity contribution < 1.29 is 24.2 Å². The number of rotatable bonds is 6. The highest BCUT2D eigenvalue weighted by Crippen LogP contribution is 2.17. The van der Waals surface area contributed by atoms with E-state index in [1.54, 1.807) is 4.90 Å². The van der Waals surface area contributed by atoms with Gasteiger partial charge in [0, 0.05) is 26.6 Å². The maximum atomic E-state index is 11.8. The monoisotopic (exact) mass is 258 g/mol. The highest BCUT2D eigenvalue weighted by molar-refractivity contribution is 5.91. The molecule has 7 nitrogen and oxygen atoms in total. The van der Waals surface area contributed by atoms with Crippen LogP contribution in [0.25, 0.3) is 0 Å². The van der Waals surface area contributed by atoms with Gasteiger partial charge < -0.3 is 20.1 Å². The van der Waals surface area contributed by atoms with Crippen LogP contribution in [0.3, 0.4) is 0 Å². The highest BCUT2D eigenvalue weighted by atomic mass is 16.5. The molecule has 0 aromatic carbocycles. The van der Waals surface area contributed by atoms with E-state index in [1.165, 1.54) is 7.11 Å². The molecule has 7 heteroatoms. The molecule has 0 radical (unpaired) electrons. The van der Waals surface area contributed by atoms with Crippen LogP contribution in [0.2, 0.25) is 0 Å². The van der Waals surface area contributed by atoms with Crippen LogP contribution in [0.15, 0.2) is 0 Å². The molecule has 1 rings (SSSR count).